The highest BCUT2D eigenvalue weighted by Crippen LogP contribution is 2.25. The van der Waals surface area contributed by atoms with Gasteiger partial charge in [0.1, 0.15) is 0 Å². The molecule has 0 unspecified atom stereocenters. The van der Waals surface area contributed by atoms with Gasteiger partial charge in [-0.25, -0.2) is 0 Å². The van der Waals surface area contributed by atoms with Gasteiger partial charge in [0, 0.05) is 49.7 Å². The molecule has 156 valence electrons. The molecule has 0 saturated carbocycles. The van der Waals surface area contributed by atoms with Crippen LogP contribution < -0.4 is 5.32 Å². The van der Waals surface area contributed by atoms with E-state index in [4.69, 9.17) is 0 Å². The summed E-state index contributed by atoms with van der Waals surface area (Å²) < 4.78 is 24.7. The zero-order valence-corrected chi connectivity index (χ0v) is 17.2. The van der Waals surface area contributed by atoms with Gasteiger partial charge in [0.2, 0.25) is 0 Å². The van der Waals surface area contributed by atoms with E-state index in [9.17, 15) is 13.6 Å². The van der Waals surface area contributed by atoms with E-state index in [0.717, 1.165) is 45.7 Å². The minimum Gasteiger partial charge on any atom is -0.352 e. The molecule has 0 radical (unpaired) electrons. The number of rotatable bonds is 9. The largest absolute Gasteiger partial charge is 0.352 e. The Labute approximate surface area is 175 Å². The van der Waals surface area contributed by atoms with Crippen LogP contribution in [0.3, 0.4) is 0 Å². The van der Waals surface area contributed by atoms with Crippen LogP contribution in [0.4, 0.5) is 8.78 Å². The molecule has 4 nitrogen and oxygen atoms in total. The highest BCUT2D eigenvalue weighted by atomic mass is 32.2. The van der Waals surface area contributed by atoms with Crippen LogP contribution in [-0.2, 0) is 6.54 Å². The molecular weight excluding hydrogens is 392 g/mol. The van der Waals surface area contributed by atoms with Crippen molar-refractivity contribution in [1.29, 1.82) is 0 Å². The molecule has 0 aliphatic carbocycles. The predicted octanol–water partition coefficient (Wildman–Crippen LogP) is 3.94. The smallest absolute Gasteiger partial charge is 0.288 e. The lowest BCUT2D eigenvalue weighted by Gasteiger charge is -2.34. The summed E-state index contributed by atoms with van der Waals surface area (Å²) in [6.07, 6.45) is 0.893. The maximum atomic E-state index is 12.3. The second-order valence-corrected chi connectivity index (χ2v) is 8.18. The summed E-state index contributed by atoms with van der Waals surface area (Å²) in [7, 11) is 0. The minimum absolute atomic E-state index is 0.161. The van der Waals surface area contributed by atoms with E-state index in [-0.39, 0.29) is 5.91 Å². The Bertz CT molecular complexity index is 750. The number of thioether (sulfide) groups is 1. The average Bonchev–Trinajstić information content (AvgIpc) is 2.73. The molecule has 1 aliphatic heterocycles. The van der Waals surface area contributed by atoms with Crippen LogP contribution in [0, 0.1) is 0 Å². The summed E-state index contributed by atoms with van der Waals surface area (Å²) >= 11 is 0.483. The fraction of sp³-hybridized carbons (Fsp3) is 0.409. The molecule has 0 spiro atoms. The Morgan fingerprint density at radius 1 is 0.966 bits per heavy atom. The maximum Gasteiger partial charge on any atom is 0.288 e. The maximum absolute atomic E-state index is 12.3. The number of benzene rings is 2. The van der Waals surface area contributed by atoms with Gasteiger partial charge in [-0.3, -0.25) is 9.69 Å². The lowest BCUT2D eigenvalue weighted by atomic mass is 10.2. The molecule has 1 saturated heterocycles. The molecular formula is C22H27F2N3OS. The fourth-order valence-corrected chi connectivity index (χ4v) is 3.91. The first-order chi connectivity index (χ1) is 14.1. The Kier molecular flexibility index (Phi) is 8.46. The number of halogens is 2. The highest BCUT2D eigenvalue weighted by molar-refractivity contribution is 7.99. The molecule has 2 aromatic carbocycles. The summed E-state index contributed by atoms with van der Waals surface area (Å²) in [6, 6.07) is 16.8. The normalized spacial score (nSPS) is 15.6. The number of hydrogen-bond donors (Lipinski definition) is 1. The first-order valence-corrected chi connectivity index (χ1v) is 10.8. The number of amides is 1. The second-order valence-electron chi connectivity index (χ2n) is 7.12. The van der Waals surface area contributed by atoms with Crippen molar-refractivity contribution in [1.82, 2.24) is 15.1 Å². The van der Waals surface area contributed by atoms with Crippen molar-refractivity contribution in [2.24, 2.45) is 0 Å². The van der Waals surface area contributed by atoms with E-state index in [1.165, 1.54) is 5.56 Å². The predicted molar refractivity (Wildman–Crippen MR) is 113 cm³/mol. The number of nitrogens with one attached hydrogen (secondary N) is 1. The standard InChI is InChI=1S/C22H27F2N3OS/c23-22(24)29-20-9-7-19(8-10-20)21(28)25-11-4-12-26-13-15-27(16-14-26)17-18-5-2-1-3-6-18/h1-3,5-10,22H,4,11-17H2,(H,25,28). The van der Waals surface area contributed by atoms with Crippen LogP contribution in [0.25, 0.3) is 0 Å². The molecule has 0 aromatic heterocycles. The molecule has 1 fully saturated rings. The third-order valence-electron chi connectivity index (χ3n) is 4.99. The van der Waals surface area contributed by atoms with Crippen molar-refractivity contribution in [2.75, 3.05) is 39.3 Å². The lowest BCUT2D eigenvalue weighted by molar-refractivity contribution is 0.0947. The number of alkyl halides is 2. The number of piperazine rings is 1. The SMILES string of the molecule is O=C(NCCCN1CCN(Cc2ccccc2)CC1)c1ccc(SC(F)F)cc1. The Balaban J connectivity index is 1.30. The van der Waals surface area contributed by atoms with Crippen molar-refractivity contribution < 1.29 is 13.6 Å². The fourth-order valence-electron chi connectivity index (χ4n) is 3.41. The summed E-state index contributed by atoms with van der Waals surface area (Å²) in [6.45, 7) is 6.78. The molecule has 0 bridgehead atoms. The third kappa shape index (κ3) is 7.42. The van der Waals surface area contributed by atoms with E-state index in [1.807, 2.05) is 6.07 Å². The number of carbonyl (C=O) groups excluding carboxylic acids is 1. The molecule has 7 heteroatoms. The molecule has 3 rings (SSSR count). The van der Waals surface area contributed by atoms with Crippen LogP contribution in [-0.4, -0.2) is 60.7 Å². The van der Waals surface area contributed by atoms with Crippen LogP contribution >= 0.6 is 11.8 Å². The van der Waals surface area contributed by atoms with Crippen LogP contribution in [0.1, 0.15) is 22.3 Å². The minimum atomic E-state index is -2.45. The van der Waals surface area contributed by atoms with E-state index in [2.05, 4.69) is 39.4 Å². The quantitative estimate of drug-likeness (QED) is 0.493. The third-order valence-corrected chi connectivity index (χ3v) is 5.71. The number of nitrogens with zero attached hydrogens (tertiary/aromatic N) is 2. The summed E-state index contributed by atoms with van der Waals surface area (Å²) in [4.78, 5) is 17.5. The van der Waals surface area contributed by atoms with Gasteiger partial charge < -0.3 is 10.2 Å². The van der Waals surface area contributed by atoms with E-state index >= 15 is 0 Å². The molecule has 1 heterocycles. The zero-order chi connectivity index (χ0) is 20.5. The van der Waals surface area contributed by atoms with Gasteiger partial charge in [0.05, 0.1) is 0 Å². The highest BCUT2D eigenvalue weighted by Gasteiger charge is 2.16. The second kappa shape index (κ2) is 11.3. The van der Waals surface area contributed by atoms with Gasteiger partial charge in [0.25, 0.3) is 11.7 Å². The van der Waals surface area contributed by atoms with E-state index < -0.39 is 5.76 Å². The average molecular weight is 420 g/mol. The molecule has 1 amide bonds. The molecule has 1 aliphatic rings. The Morgan fingerprint density at radius 3 is 2.28 bits per heavy atom. The van der Waals surface area contributed by atoms with E-state index in [0.29, 0.717) is 28.8 Å². The summed E-state index contributed by atoms with van der Waals surface area (Å²) in [5.74, 6) is -2.61. The van der Waals surface area contributed by atoms with Crippen LogP contribution in [0.2, 0.25) is 0 Å². The van der Waals surface area contributed by atoms with Gasteiger partial charge in [-0.2, -0.15) is 8.78 Å². The Hall–Kier alpha value is -1.96. The molecule has 2 aromatic rings. The van der Waals surface area contributed by atoms with Gasteiger partial charge in [-0.05, 0) is 42.8 Å². The first kappa shape index (κ1) is 21.7. The van der Waals surface area contributed by atoms with Crippen molar-refractivity contribution >= 4 is 17.7 Å². The van der Waals surface area contributed by atoms with Crippen LogP contribution in [0.15, 0.2) is 59.5 Å². The number of carbonyl (C=O) groups is 1. The monoisotopic (exact) mass is 419 g/mol. The first-order valence-electron chi connectivity index (χ1n) is 9.92. The van der Waals surface area contributed by atoms with Crippen molar-refractivity contribution in [2.45, 2.75) is 23.6 Å². The van der Waals surface area contributed by atoms with Gasteiger partial charge in [-0.15, -0.1) is 0 Å². The molecule has 29 heavy (non-hydrogen) atoms. The van der Waals surface area contributed by atoms with Crippen molar-refractivity contribution in [3.63, 3.8) is 0 Å². The van der Waals surface area contributed by atoms with Gasteiger partial charge >= 0.3 is 0 Å². The van der Waals surface area contributed by atoms with Gasteiger partial charge in [-0.1, -0.05) is 42.1 Å². The number of hydrogen-bond acceptors (Lipinski definition) is 4. The summed E-state index contributed by atoms with van der Waals surface area (Å²) in [5.41, 5.74) is 1.85. The van der Waals surface area contributed by atoms with Crippen molar-refractivity contribution in [3.8, 4) is 0 Å². The zero-order valence-electron chi connectivity index (χ0n) is 16.4. The van der Waals surface area contributed by atoms with Gasteiger partial charge in [0.15, 0.2) is 0 Å². The molecule has 1 N–H and O–H groups in total. The lowest BCUT2D eigenvalue weighted by Crippen LogP contribution is -2.46. The topological polar surface area (TPSA) is 35.6 Å². The molecule has 0 atom stereocenters. The van der Waals surface area contributed by atoms with Crippen molar-refractivity contribution in [3.05, 3.63) is 65.7 Å². The van der Waals surface area contributed by atoms with Crippen LogP contribution in [0.5, 0.6) is 0 Å². The Morgan fingerprint density at radius 2 is 1.62 bits per heavy atom. The summed E-state index contributed by atoms with van der Waals surface area (Å²) in [5, 5.41) is 2.91. The van der Waals surface area contributed by atoms with E-state index in [1.54, 1.807) is 24.3 Å².